The first-order valence-electron chi connectivity index (χ1n) is 4.80. The monoisotopic (exact) mass is 212 g/mol. The molecular formula is C11H16O4. The Kier molecular flexibility index (Phi) is 3.19. The van der Waals surface area contributed by atoms with Crippen LogP contribution in [-0.2, 0) is 0 Å². The number of aliphatic hydroxyl groups is 1. The lowest BCUT2D eigenvalue weighted by Crippen LogP contribution is -2.13. The van der Waals surface area contributed by atoms with E-state index in [1.165, 1.54) is 12.3 Å². The van der Waals surface area contributed by atoms with E-state index in [2.05, 4.69) is 0 Å². The Morgan fingerprint density at radius 3 is 2.60 bits per heavy atom. The first kappa shape index (κ1) is 11.8. The summed E-state index contributed by atoms with van der Waals surface area (Å²) in [5, 5.41) is 18.6. The molecule has 84 valence electrons. The number of carboxylic acids is 1. The molecule has 0 spiro atoms. The summed E-state index contributed by atoms with van der Waals surface area (Å²) in [4.78, 5) is 10.8. The smallest absolute Gasteiger partial charge is 0.339 e. The van der Waals surface area contributed by atoms with Crippen LogP contribution in [-0.4, -0.2) is 16.2 Å². The molecule has 1 rings (SSSR count). The Morgan fingerprint density at radius 2 is 2.13 bits per heavy atom. The quantitative estimate of drug-likeness (QED) is 0.807. The summed E-state index contributed by atoms with van der Waals surface area (Å²) in [5.41, 5.74) is -0.0473. The average Bonchev–Trinajstić information content (AvgIpc) is 2.47. The Hall–Kier alpha value is -1.29. The Morgan fingerprint density at radius 1 is 1.53 bits per heavy atom. The number of aromatic carboxylic acids is 1. The van der Waals surface area contributed by atoms with Gasteiger partial charge in [-0.3, -0.25) is 0 Å². The molecule has 0 radical (unpaired) electrons. The summed E-state index contributed by atoms with van der Waals surface area (Å²) in [6, 6.07) is 1.35. The molecule has 0 aliphatic carbocycles. The van der Waals surface area contributed by atoms with Crippen LogP contribution < -0.4 is 0 Å². The van der Waals surface area contributed by atoms with Gasteiger partial charge in [0.2, 0.25) is 0 Å². The van der Waals surface area contributed by atoms with Crippen molar-refractivity contribution < 1.29 is 19.4 Å². The number of carboxylic acid groups (broad SMARTS) is 1. The molecule has 0 amide bonds. The first-order chi connectivity index (χ1) is 6.81. The number of hydrogen-bond donors (Lipinski definition) is 2. The van der Waals surface area contributed by atoms with E-state index in [1.54, 1.807) is 0 Å². The lowest BCUT2D eigenvalue weighted by molar-refractivity contribution is 0.0666. The van der Waals surface area contributed by atoms with Gasteiger partial charge >= 0.3 is 5.97 Å². The number of rotatable bonds is 3. The highest BCUT2D eigenvalue weighted by atomic mass is 16.4. The van der Waals surface area contributed by atoms with Gasteiger partial charge in [-0.15, -0.1) is 0 Å². The maximum Gasteiger partial charge on any atom is 0.339 e. The fourth-order valence-electron chi connectivity index (χ4n) is 1.43. The van der Waals surface area contributed by atoms with Gasteiger partial charge in [-0.1, -0.05) is 20.8 Å². The van der Waals surface area contributed by atoms with E-state index >= 15 is 0 Å². The van der Waals surface area contributed by atoms with Gasteiger partial charge in [0.15, 0.2) is 0 Å². The zero-order chi connectivity index (χ0) is 11.6. The molecule has 0 fully saturated rings. The predicted molar refractivity (Wildman–Crippen MR) is 54.7 cm³/mol. The highest BCUT2D eigenvalue weighted by molar-refractivity contribution is 5.88. The molecule has 4 heteroatoms. The van der Waals surface area contributed by atoms with E-state index in [0.29, 0.717) is 6.42 Å². The largest absolute Gasteiger partial charge is 0.478 e. The van der Waals surface area contributed by atoms with Crippen molar-refractivity contribution in [1.29, 1.82) is 0 Å². The van der Waals surface area contributed by atoms with Crippen LogP contribution in [0.25, 0.3) is 0 Å². The minimum absolute atomic E-state index is 0.0340. The lowest BCUT2D eigenvalue weighted by Gasteiger charge is -2.21. The van der Waals surface area contributed by atoms with Crippen molar-refractivity contribution in [3.63, 3.8) is 0 Å². The topological polar surface area (TPSA) is 70.7 Å². The summed E-state index contributed by atoms with van der Waals surface area (Å²) in [5.74, 6) is -0.941. The minimum Gasteiger partial charge on any atom is -0.478 e. The molecule has 0 saturated heterocycles. The molecule has 0 aliphatic rings. The van der Waals surface area contributed by atoms with Crippen LogP contribution in [0.2, 0.25) is 0 Å². The molecule has 1 atom stereocenters. The summed E-state index contributed by atoms with van der Waals surface area (Å²) >= 11 is 0. The Labute approximate surface area is 88.5 Å². The summed E-state index contributed by atoms with van der Waals surface area (Å²) in [7, 11) is 0. The van der Waals surface area contributed by atoms with Gasteiger partial charge in [0.05, 0.1) is 6.26 Å². The molecule has 15 heavy (non-hydrogen) atoms. The van der Waals surface area contributed by atoms with E-state index in [9.17, 15) is 9.90 Å². The van der Waals surface area contributed by atoms with Gasteiger partial charge in [-0.05, 0) is 17.9 Å². The molecule has 4 nitrogen and oxygen atoms in total. The zero-order valence-electron chi connectivity index (χ0n) is 9.15. The van der Waals surface area contributed by atoms with Gasteiger partial charge in [0.1, 0.15) is 17.4 Å². The van der Waals surface area contributed by atoms with Gasteiger partial charge in [0, 0.05) is 0 Å². The standard InChI is InChI=1S/C11H16O4/c1-11(2,3)6-8(12)9-7(10(13)14)4-5-15-9/h4-5,8,12H,6H2,1-3H3,(H,13,14). The van der Waals surface area contributed by atoms with Crippen LogP contribution in [0, 0.1) is 5.41 Å². The van der Waals surface area contributed by atoms with Gasteiger partial charge < -0.3 is 14.6 Å². The normalized spacial score (nSPS) is 13.9. The molecule has 0 bridgehead atoms. The van der Waals surface area contributed by atoms with E-state index in [4.69, 9.17) is 9.52 Å². The van der Waals surface area contributed by atoms with E-state index in [-0.39, 0.29) is 16.7 Å². The van der Waals surface area contributed by atoms with E-state index in [1.807, 2.05) is 20.8 Å². The van der Waals surface area contributed by atoms with Crippen molar-refractivity contribution in [2.24, 2.45) is 5.41 Å². The van der Waals surface area contributed by atoms with Gasteiger partial charge in [0.25, 0.3) is 0 Å². The average molecular weight is 212 g/mol. The van der Waals surface area contributed by atoms with Crippen molar-refractivity contribution in [3.8, 4) is 0 Å². The maximum atomic E-state index is 10.8. The van der Waals surface area contributed by atoms with Crippen molar-refractivity contribution >= 4 is 5.97 Å². The highest BCUT2D eigenvalue weighted by Gasteiger charge is 2.25. The molecule has 1 unspecified atom stereocenters. The molecule has 0 saturated carbocycles. The van der Waals surface area contributed by atoms with Crippen LogP contribution >= 0.6 is 0 Å². The predicted octanol–water partition coefficient (Wildman–Crippen LogP) is 2.45. The van der Waals surface area contributed by atoms with Crippen LogP contribution in [0.15, 0.2) is 16.7 Å². The molecule has 1 heterocycles. The first-order valence-corrected chi connectivity index (χ1v) is 4.80. The third kappa shape index (κ3) is 3.09. The number of aliphatic hydroxyl groups excluding tert-OH is 1. The molecule has 0 aromatic carbocycles. The van der Waals surface area contributed by atoms with Gasteiger partial charge in [-0.2, -0.15) is 0 Å². The fourth-order valence-corrected chi connectivity index (χ4v) is 1.43. The van der Waals surface area contributed by atoms with E-state index in [0.717, 1.165) is 0 Å². The van der Waals surface area contributed by atoms with Crippen LogP contribution in [0.3, 0.4) is 0 Å². The van der Waals surface area contributed by atoms with Crippen molar-refractivity contribution in [2.45, 2.75) is 33.3 Å². The Bertz CT molecular complexity index is 346. The Balaban J connectivity index is 2.87. The minimum atomic E-state index is -1.08. The second-order valence-electron chi connectivity index (χ2n) is 4.78. The van der Waals surface area contributed by atoms with Crippen molar-refractivity contribution in [2.75, 3.05) is 0 Å². The summed E-state index contributed by atoms with van der Waals surface area (Å²) in [6.45, 7) is 5.92. The molecule has 1 aromatic rings. The van der Waals surface area contributed by atoms with Crippen LogP contribution in [0.5, 0.6) is 0 Å². The van der Waals surface area contributed by atoms with Gasteiger partial charge in [-0.25, -0.2) is 4.79 Å². The third-order valence-electron chi connectivity index (χ3n) is 2.03. The van der Waals surface area contributed by atoms with Crippen LogP contribution in [0.1, 0.15) is 49.4 Å². The summed E-state index contributed by atoms with van der Waals surface area (Å²) in [6.07, 6.45) is 0.872. The second-order valence-corrected chi connectivity index (χ2v) is 4.78. The third-order valence-corrected chi connectivity index (χ3v) is 2.03. The highest BCUT2D eigenvalue weighted by Crippen LogP contribution is 2.31. The summed E-state index contributed by atoms with van der Waals surface area (Å²) < 4.78 is 5.00. The fraction of sp³-hybridized carbons (Fsp3) is 0.545. The molecular weight excluding hydrogens is 196 g/mol. The number of furan rings is 1. The lowest BCUT2D eigenvalue weighted by atomic mass is 9.88. The molecule has 0 aliphatic heterocycles. The number of carbonyl (C=O) groups is 1. The van der Waals surface area contributed by atoms with Crippen molar-refractivity contribution in [1.82, 2.24) is 0 Å². The molecule has 1 aromatic heterocycles. The SMILES string of the molecule is CC(C)(C)CC(O)c1occc1C(=O)O. The van der Waals surface area contributed by atoms with Crippen LogP contribution in [0.4, 0.5) is 0 Å². The maximum absolute atomic E-state index is 10.8. The second kappa shape index (κ2) is 4.06. The molecule has 2 N–H and O–H groups in total. The zero-order valence-corrected chi connectivity index (χ0v) is 9.15. The number of hydrogen-bond acceptors (Lipinski definition) is 3. The van der Waals surface area contributed by atoms with Crippen molar-refractivity contribution in [3.05, 3.63) is 23.7 Å². The van der Waals surface area contributed by atoms with E-state index < -0.39 is 12.1 Å².